The first-order valence-corrected chi connectivity index (χ1v) is 8.42. The quantitative estimate of drug-likeness (QED) is 0.536. The molecule has 1 saturated heterocycles. The molecule has 1 aromatic carbocycles. The molecule has 2 rings (SSSR count). The predicted molar refractivity (Wildman–Crippen MR) is 90.5 cm³/mol. The van der Waals surface area contributed by atoms with Gasteiger partial charge in [0.2, 0.25) is 0 Å². The van der Waals surface area contributed by atoms with E-state index in [0.29, 0.717) is 6.42 Å². The zero-order chi connectivity index (χ0) is 15.8. The molecule has 0 amide bonds. The van der Waals surface area contributed by atoms with Gasteiger partial charge in [-0.25, -0.2) is 0 Å². The molecule has 0 aromatic heterocycles. The van der Waals surface area contributed by atoms with Gasteiger partial charge >= 0.3 is 0 Å². The van der Waals surface area contributed by atoms with Crippen LogP contribution in [0.15, 0.2) is 18.2 Å². The number of hydrogen-bond acceptors (Lipinski definition) is 3. The van der Waals surface area contributed by atoms with Gasteiger partial charge in [-0.1, -0.05) is 6.42 Å². The number of hydrogen-bond donors (Lipinski definition) is 0. The second kappa shape index (κ2) is 8.94. The summed E-state index contributed by atoms with van der Waals surface area (Å²) in [5, 5.41) is 0. The van der Waals surface area contributed by atoms with E-state index in [0.717, 1.165) is 29.7 Å². The first kappa shape index (κ1) is 17.0. The molecule has 0 saturated carbocycles. The summed E-state index contributed by atoms with van der Waals surface area (Å²) in [6, 6.07) is 5.69. The van der Waals surface area contributed by atoms with Crippen LogP contribution in [0.5, 0.6) is 5.75 Å². The van der Waals surface area contributed by atoms with Crippen molar-refractivity contribution in [3.63, 3.8) is 0 Å². The third kappa shape index (κ3) is 5.13. The molecule has 1 radical (unpaired) electrons. The van der Waals surface area contributed by atoms with Crippen molar-refractivity contribution in [1.82, 2.24) is 4.90 Å². The maximum Gasteiger partial charge on any atom is 0.162 e. The number of rotatable bonds is 8. The van der Waals surface area contributed by atoms with E-state index < -0.39 is 0 Å². The van der Waals surface area contributed by atoms with Gasteiger partial charge in [-0.2, -0.15) is 0 Å². The Labute approximate surface area is 134 Å². The predicted octanol–water partition coefficient (Wildman–Crippen LogP) is 4.05. The fourth-order valence-corrected chi connectivity index (χ4v) is 3.02. The zero-order valence-corrected chi connectivity index (χ0v) is 13.9. The number of likely N-dealkylation sites (tertiary alicyclic amines) is 1. The summed E-state index contributed by atoms with van der Waals surface area (Å²) in [7, 11) is 1.66. The second-order valence-electron chi connectivity index (χ2n) is 6.13. The average Bonchev–Trinajstić information content (AvgIpc) is 2.55. The molecule has 0 atom stereocenters. The van der Waals surface area contributed by atoms with E-state index in [-0.39, 0.29) is 5.78 Å². The smallest absolute Gasteiger partial charge is 0.162 e. The summed E-state index contributed by atoms with van der Waals surface area (Å²) in [6.07, 6.45) is 8.83. The van der Waals surface area contributed by atoms with Crippen LogP contribution in [0.1, 0.15) is 54.4 Å². The fourth-order valence-electron chi connectivity index (χ4n) is 3.02. The molecule has 0 unspecified atom stereocenters. The van der Waals surface area contributed by atoms with Crippen molar-refractivity contribution in [3.8, 4) is 5.75 Å². The molecule has 1 aromatic rings. The lowest BCUT2D eigenvalue weighted by Crippen LogP contribution is -2.30. The molecular weight excluding hydrogens is 274 g/mol. The fraction of sp³-hybridized carbons (Fsp3) is 0.579. The van der Waals surface area contributed by atoms with Gasteiger partial charge in [0.25, 0.3) is 0 Å². The standard InChI is InChI=1S/C19H28NO2/c1-16-15-17(10-11-19(16)22-2)18(21)9-5-3-6-12-20-13-7-4-8-14-20/h4,10-11,15H,3,5-9,12-14H2,1-2H3. The van der Waals surface area contributed by atoms with Gasteiger partial charge in [-0.05, 0) is 82.4 Å². The van der Waals surface area contributed by atoms with Crippen LogP contribution in [0.4, 0.5) is 0 Å². The van der Waals surface area contributed by atoms with E-state index >= 15 is 0 Å². The van der Waals surface area contributed by atoms with Crippen LogP contribution in [0, 0.1) is 13.3 Å². The number of ether oxygens (including phenoxy) is 1. The van der Waals surface area contributed by atoms with Crippen LogP contribution >= 0.6 is 0 Å². The highest BCUT2D eigenvalue weighted by Crippen LogP contribution is 2.20. The van der Waals surface area contributed by atoms with Crippen molar-refractivity contribution >= 4 is 5.78 Å². The maximum atomic E-state index is 12.2. The number of Topliss-reactive ketones (excluding diaryl/α,β-unsaturated/α-hetero) is 1. The van der Waals surface area contributed by atoms with E-state index in [1.165, 1.54) is 38.9 Å². The maximum absolute atomic E-state index is 12.2. The lowest BCUT2D eigenvalue weighted by molar-refractivity contribution is 0.0978. The van der Waals surface area contributed by atoms with E-state index in [2.05, 4.69) is 11.3 Å². The molecule has 1 heterocycles. The highest BCUT2D eigenvalue weighted by molar-refractivity contribution is 5.96. The summed E-state index contributed by atoms with van der Waals surface area (Å²) in [6.45, 7) is 5.59. The SMILES string of the molecule is COc1ccc(C(=O)CCCCCN2CC[CH]CC2)cc1C. The van der Waals surface area contributed by atoms with Crippen LogP contribution < -0.4 is 4.74 Å². The highest BCUT2D eigenvalue weighted by atomic mass is 16.5. The van der Waals surface area contributed by atoms with Gasteiger partial charge < -0.3 is 9.64 Å². The number of nitrogens with zero attached hydrogens (tertiary/aromatic N) is 1. The molecule has 1 fully saturated rings. The summed E-state index contributed by atoms with van der Waals surface area (Å²) < 4.78 is 5.23. The van der Waals surface area contributed by atoms with Crippen LogP contribution in [-0.2, 0) is 0 Å². The van der Waals surface area contributed by atoms with Gasteiger partial charge in [-0.15, -0.1) is 0 Å². The molecule has 0 spiro atoms. The Morgan fingerprint density at radius 2 is 1.95 bits per heavy atom. The minimum absolute atomic E-state index is 0.248. The molecule has 3 heteroatoms. The number of ketones is 1. The van der Waals surface area contributed by atoms with Crippen molar-refractivity contribution in [2.75, 3.05) is 26.7 Å². The Morgan fingerprint density at radius 1 is 1.18 bits per heavy atom. The number of methoxy groups -OCH3 is 1. The largest absolute Gasteiger partial charge is 0.496 e. The Kier molecular flexibility index (Phi) is 6.91. The van der Waals surface area contributed by atoms with Crippen LogP contribution in [0.25, 0.3) is 0 Å². The number of carbonyl (C=O) groups excluding carboxylic acids is 1. The molecule has 121 valence electrons. The molecular formula is C19H28NO2. The van der Waals surface area contributed by atoms with E-state index in [1.54, 1.807) is 7.11 Å². The second-order valence-corrected chi connectivity index (χ2v) is 6.13. The van der Waals surface area contributed by atoms with Crippen LogP contribution in [0.2, 0.25) is 0 Å². The first-order valence-electron chi connectivity index (χ1n) is 8.42. The minimum Gasteiger partial charge on any atom is -0.496 e. The summed E-state index contributed by atoms with van der Waals surface area (Å²) in [4.78, 5) is 14.7. The third-order valence-corrected chi connectivity index (χ3v) is 4.39. The van der Waals surface area contributed by atoms with E-state index in [1.807, 2.05) is 25.1 Å². The topological polar surface area (TPSA) is 29.5 Å². The summed E-state index contributed by atoms with van der Waals surface area (Å²) >= 11 is 0. The Bertz CT molecular complexity index is 478. The normalized spacial score (nSPS) is 15.7. The number of unbranched alkanes of at least 4 members (excludes halogenated alkanes) is 2. The summed E-state index contributed by atoms with van der Waals surface area (Å²) in [5.41, 5.74) is 1.83. The van der Waals surface area contributed by atoms with Crippen molar-refractivity contribution < 1.29 is 9.53 Å². The van der Waals surface area contributed by atoms with Crippen molar-refractivity contribution in [2.45, 2.75) is 45.4 Å². The lowest BCUT2D eigenvalue weighted by Gasteiger charge is -2.26. The number of aryl methyl sites for hydroxylation is 1. The van der Waals surface area contributed by atoms with Crippen LogP contribution in [0.3, 0.4) is 0 Å². The van der Waals surface area contributed by atoms with Gasteiger partial charge in [0.15, 0.2) is 5.78 Å². The van der Waals surface area contributed by atoms with E-state index in [9.17, 15) is 4.79 Å². The molecule has 0 bridgehead atoms. The Morgan fingerprint density at radius 3 is 2.64 bits per heavy atom. The first-order chi connectivity index (χ1) is 10.7. The number of benzene rings is 1. The third-order valence-electron chi connectivity index (χ3n) is 4.39. The highest BCUT2D eigenvalue weighted by Gasteiger charge is 2.10. The summed E-state index contributed by atoms with van der Waals surface area (Å²) in [5.74, 6) is 1.09. The van der Waals surface area contributed by atoms with Crippen LogP contribution in [-0.4, -0.2) is 37.4 Å². The van der Waals surface area contributed by atoms with Gasteiger partial charge in [0.1, 0.15) is 5.75 Å². The van der Waals surface area contributed by atoms with Crippen molar-refractivity contribution in [2.24, 2.45) is 0 Å². The molecule has 1 aliphatic rings. The zero-order valence-electron chi connectivity index (χ0n) is 13.9. The molecule has 3 nitrogen and oxygen atoms in total. The Balaban J connectivity index is 1.66. The molecule has 0 N–H and O–H groups in total. The number of carbonyl (C=O) groups is 1. The number of piperidine rings is 1. The Hall–Kier alpha value is -1.35. The van der Waals surface area contributed by atoms with Gasteiger partial charge in [0.05, 0.1) is 7.11 Å². The molecule has 0 aliphatic carbocycles. The minimum atomic E-state index is 0.248. The van der Waals surface area contributed by atoms with Gasteiger partial charge in [0, 0.05) is 12.0 Å². The molecule has 22 heavy (non-hydrogen) atoms. The van der Waals surface area contributed by atoms with E-state index in [4.69, 9.17) is 4.74 Å². The lowest BCUT2D eigenvalue weighted by atomic mass is 10.0. The average molecular weight is 302 g/mol. The molecule has 1 aliphatic heterocycles. The van der Waals surface area contributed by atoms with Crippen molar-refractivity contribution in [1.29, 1.82) is 0 Å². The van der Waals surface area contributed by atoms with Crippen molar-refractivity contribution in [3.05, 3.63) is 35.7 Å². The van der Waals surface area contributed by atoms with Gasteiger partial charge in [-0.3, -0.25) is 4.79 Å². The monoisotopic (exact) mass is 302 g/mol.